The number of hydrogen-bond donors (Lipinski definition) is 3. The highest BCUT2D eigenvalue weighted by Gasteiger charge is 2.28. The van der Waals surface area contributed by atoms with Crippen molar-refractivity contribution in [3.8, 4) is 5.75 Å². The first-order valence-electron chi connectivity index (χ1n) is 8.72. The zero-order valence-electron chi connectivity index (χ0n) is 14.9. The number of nitrogens with one attached hydrogen (secondary N) is 2. The van der Waals surface area contributed by atoms with Crippen LogP contribution in [0.3, 0.4) is 0 Å². The topological polar surface area (TPSA) is 76.4 Å². The molecule has 1 aliphatic rings. The van der Waals surface area contributed by atoms with E-state index in [2.05, 4.69) is 10.6 Å². The number of amides is 1. The third-order valence-corrected chi connectivity index (χ3v) is 4.82. The number of para-hydroxylation sites is 1. The molecule has 2 aromatic rings. The van der Waals surface area contributed by atoms with E-state index in [-0.39, 0.29) is 24.4 Å². The summed E-state index contributed by atoms with van der Waals surface area (Å²) in [5.41, 5.74) is 8.15. The van der Waals surface area contributed by atoms with Crippen LogP contribution in [-0.2, 0) is 0 Å². The van der Waals surface area contributed by atoms with Crippen molar-refractivity contribution in [2.45, 2.75) is 25.3 Å². The van der Waals surface area contributed by atoms with Gasteiger partial charge in [-0.25, -0.2) is 0 Å². The molecule has 3 rings (SSSR count). The molecule has 1 fully saturated rings. The molecule has 6 heteroatoms. The Balaban J connectivity index is 0.00000243. The van der Waals surface area contributed by atoms with Crippen LogP contribution < -0.4 is 21.1 Å². The lowest BCUT2D eigenvalue weighted by atomic mass is 10.0. The van der Waals surface area contributed by atoms with Crippen molar-refractivity contribution in [2.24, 2.45) is 11.7 Å². The Morgan fingerprint density at radius 1 is 1.15 bits per heavy atom. The number of rotatable bonds is 6. The fourth-order valence-corrected chi connectivity index (χ4v) is 3.38. The van der Waals surface area contributed by atoms with Gasteiger partial charge < -0.3 is 21.1 Å². The number of anilines is 2. The van der Waals surface area contributed by atoms with Crippen molar-refractivity contribution in [2.75, 3.05) is 19.0 Å². The predicted molar refractivity (Wildman–Crippen MR) is 108 cm³/mol. The Bertz CT molecular complexity index is 721. The first-order valence-corrected chi connectivity index (χ1v) is 8.72. The van der Waals surface area contributed by atoms with Crippen LogP contribution in [0.25, 0.3) is 0 Å². The van der Waals surface area contributed by atoms with E-state index in [0.29, 0.717) is 18.0 Å². The highest BCUT2D eigenvalue weighted by molar-refractivity contribution is 6.00. The lowest BCUT2D eigenvalue weighted by molar-refractivity contribution is 0.0929. The molecule has 0 aromatic heterocycles. The van der Waals surface area contributed by atoms with E-state index in [4.69, 9.17) is 10.5 Å². The number of methoxy groups -OCH3 is 1. The molecular weight excluding hydrogens is 350 g/mol. The number of benzene rings is 2. The number of halogens is 1. The van der Waals surface area contributed by atoms with Gasteiger partial charge in [-0.05, 0) is 61.7 Å². The minimum atomic E-state index is -0.0537. The summed E-state index contributed by atoms with van der Waals surface area (Å²) in [7, 11) is 1.64. The lowest BCUT2D eigenvalue weighted by Crippen LogP contribution is -2.40. The van der Waals surface area contributed by atoms with Gasteiger partial charge in [0.15, 0.2) is 0 Å². The second-order valence-electron chi connectivity index (χ2n) is 6.41. The van der Waals surface area contributed by atoms with E-state index in [9.17, 15) is 4.79 Å². The standard InChI is InChI=1S/C20H25N3O2.ClH/c1-25-16-11-9-15(10-12-16)22-19-7-3-2-6-17(19)20(24)23-18-8-4-5-14(18)13-21;/h2-3,6-7,9-12,14,18,22H,4-5,8,13,21H2,1H3,(H,23,24);1H. The van der Waals surface area contributed by atoms with Gasteiger partial charge in [-0.1, -0.05) is 18.6 Å². The Kier molecular flexibility index (Phi) is 7.30. The predicted octanol–water partition coefficient (Wildman–Crippen LogP) is 3.72. The Labute approximate surface area is 160 Å². The summed E-state index contributed by atoms with van der Waals surface area (Å²) in [4.78, 5) is 12.8. The molecule has 1 aliphatic carbocycles. The fraction of sp³-hybridized carbons (Fsp3) is 0.350. The highest BCUT2D eigenvalue weighted by atomic mass is 35.5. The van der Waals surface area contributed by atoms with Gasteiger partial charge in [0.1, 0.15) is 5.75 Å². The zero-order valence-corrected chi connectivity index (χ0v) is 15.7. The van der Waals surface area contributed by atoms with Gasteiger partial charge in [0.05, 0.1) is 18.4 Å². The van der Waals surface area contributed by atoms with Gasteiger partial charge in [-0.2, -0.15) is 0 Å². The van der Waals surface area contributed by atoms with Crippen LogP contribution in [0.4, 0.5) is 11.4 Å². The van der Waals surface area contributed by atoms with Gasteiger partial charge >= 0.3 is 0 Å². The van der Waals surface area contributed by atoms with E-state index in [0.717, 1.165) is 36.4 Å². The summed E-state index contributed by atoms with van der Waals surface area (Å²) in [6, 6.07) is 15.3. The molecule has 1 saturated carbocycles. The van der Waals surface area contributed by atoms with Crippen molar-refractivity contribution in [1.82, 2.24) is 5.32 Å². The van der Waals surface area contributed by atoms with Gasteiger partial charge in [-0.3, -0.25) is 4.79 Å². The molecule has 0 radical (unpaired) electrons. The largest absolute Gasteiger partial charge is 0.497 e. The average Bonchev–Trinajstić information content (AvgIpc) is 3.10. The molecule has 0 heterocycles. The summed E-state index contributed by atoms with van der Waals surface area (Å²) in [5.74, 6) is 1.12. The van der Waals surface area contributed by atoms with E-state index >= 15 is 0 Å². The molecule has 2 aromatic carbocycles. The SMILES string of the molecule is COc1ccc(Nc2ccccc2C(=O)NC2CCCC2CN)cc1.Cl. The van der Waals surface area contributed by atoms with Gasteiger partial charge in [0.2, 0.25) is 0 Å². The normalized spacial score (nSPS) is 18.7. The third kappa shape index (κ3) is 4.68. The fourth-order valence-electron chi connectivity index (χ4n) is 3.38. The number of nitrogens with two attached hydrogens (primary N) is 1. The van der Waals surface area contributed by atoms with Crippen LogP contribution in [0.1, 0.15) is 29.6 Å². The van der Waals surface area contributed by atoms with Gasteiger partial charge in [-0.15, -0.1) is 12.4 Å². The monoisotopic (exact) mass is 375 g/mol. The molecule has 0 saturated heterocycles. The third-order valence-electron chi connectivity index (χ3n) is 4.82. The molecule has 2 atom stereocenters. The van der Waals surface area contributed by atoms with Crippen LogP contribution in [0.15, 0.2) is 48.5 Å². The lowest BCUT2D eigenvalue weighted by Gasteiger charge is -2.20. The summed E-state index contributed by atoms with van der Waals surface area (Å²) in [6.45, 7) is 0.622. The summed E-state index contributed by atoms with van der Waals surface area (Å²) < 4.78 is 5.17. The molecule has 26 heavy (non-hydrogen) atoms. The van der Waals surface area contributed by atoms with Crippen LogP contribution in [0.5, 0.6) is 5.75 Å². The van der Waals surface area contributed by atoms with Gasteiger partial charge in [0, 0.05) is 11.7 Å². The molecule has 0 spiro atoms. The van der Waals surface area contributed by atoms with Crippen LogP contribution in [0, 0.1) is 5.92 Å². The number of hydrogen-bond acceptors (Lipinski definition) is 4. The van der Waals surface area contributed by atoms with E-state index in [1.807, 2.05) is 48.5 Å². The smallest absolute Gasteiger partial charge is 0.253 e. The molecule has 0 aliphatic heterocycles. The number of carbonyl (C=O) groups is 1. The Hall–Kier alpha value is -2.24. The minimum Gasteiger partial charge on any atom is -0.497 e. The van der Waals surface area contributed by atoms with E-state index in [1.165, 1.54) is 0 Å². The van der Waals surface area contributed by atoms with Gasteiger partial charge in [0.25, 0.3) is 5.91 Å². The molecule has 140 valence electrons. The molecule has 5 nitrogen and oxygen atoms in total. The van der Waals surface area contributed by atoms with Crippen molar-refractivity contribution in [1.29, 1.82) is 0 Å². The maximum atomic E-state index is 12.8. The molecule has 4 N–H and O–H groups in total. The van der Waals surface area contributed by atoms with Crippen molar-refractivity contribution >= 4 is 29.7 Å². The van der Waals surface area contributed by atoms with E-state index < -0.39 is 0 Å². The van der Waals surface area contributed by atoms with Crippen molar-refractivity contribution < 1.29 is 9.53 Å². The zero-order chi connectivity index (χ0) is 17.6. The average molecular weight is 376 g/mol. The molecule has 2 unspecified atom stereocenters. The minimum absolute atomic E-state index is 0. The first-order chi connectivity index (χ1) is 12.2. The van der Waals surface area contributed by atoms with Crippen molar-refractivity contribution in [3.05, 3.63) is 54.1 Å². The Morgan fingerprint density at radius 2 is 1.88 bits per heavy atom. The second-order valence-corrected chi connectivity index (χ2v) is 6.41. The molecular formula is C20H26ClN3O2. The van der Waals surface area contributed by atoms with E-state index in [1.54, 1.807) is 7.11 Å². The maximum absolute atomic E-state index is 12.8. The highest BCUT2D eigenvalue weighted by Crippen LogP contribution is 2.26. The molecule has 1 amide bonds. The van der Waals surface area contributed by atoms with Crippen LogP contribution >= 0.6 is 12.4 Å². The maximum Gasteiger partial charge on any atom is 0.253 e. The summed E-state index contributed by atoms with van der Waals surface area (Å²) >= 11 is 0. The Morgan fingerprint density at radius 3 is 2.58 bits per heavy atom. The molecule has 0 bridgehead atoms. The van der Waals surface area contributed by atoms with Crippen LogP contribution in [0.2, 0.25) is 0 Å². The summed E-state index contributed by atoms with van der Waals surface area (Å²) in [5, 5.41) is 6.48. The summed E-state index contributed by atoms with van der Waals surface area (Å²) in [6.07, 6.45) is 3.22. The number of ether oxygens (including phenoxy) is 1. The second kappa shape index (κ2) is 9.46. The van der Waals surface area contributed by atoms with Crippen LogP contribution in [-0.4, -0.2) is 25.6 Å². The quantitative estimate of drug-likeness (QED) is 0.719. The van der Waals surface area contributed by atoms with Crippen molar-refractivity contribution in [3.63, 3.8) is 0 Å². The number of carbonyl (C=O) groups excluding carboxylic acids is 1. The first kappa shape index (κ1) is 20.1.